The largest absolute Gasteiger partial charge is 0.504 e. The second-order valence-electron chi connectivity index (χ2n) is 3.09. The highest BCUT2D eigenvalue weighted by atomic mass is 16.6. The first kappa shape index (κ1) is 11.8. The van der Waals surface area contributed by atoms with E-state index in [1.165, 1.54) is 0 Å². The summed E-state index contributed by atoms with van der Waals surface area (Å²) in [5.41, 5.74) is 4.87. The smallest absolute Gasteiger partial charge is 0.273 e. The van der Waals surface area contributed by atoms with Gasteiger partial charge in [0.1, 0.15) is 0 Å². The van der Waals surface area contributed by atoms with E-state index in [9.17, 15) is 20.0 Å². The van der Waals surface area contributed by atoms with Crippen LogP contribution >= 0.6 is 0 Å². The van der Waals surface area contributed by atoms with Crippen LogP contribution in [0, 0.1) is 10.1 Å². The predicted molar refractivity (Wildman–Crippen MR) is 58.1 cm³/mol. The topological polar surface area (TPSA) is 118 Å². The molecule has 1 amide bonds. The normalized spacial score (nSPS) is 9.81. The van der Waals surface area contributed by atoms with Crippen LogP contribution in [0.3, 0.4) is 0 Å². The van der Waals surface area contributed by atoms with Gasteiger partial charge >= 0.3 is 0 Å². The predicted octanol–water partition coefficient (Wildman–Crippen LogP) is 1.23. The van der Waals surface area contributed by atoms with E-state index in [4.69, 9.17) is 5.73 Å². The van der Waals surface area contributed by atoms with E-state index in [2.05, 4.69) is 5.32 Å². The van der Waals surface area contributed by atoms with Gasteiger partial charge in [-0.3, -0.25) is 14.9 Å². The molecular formula is C9H11N3O4. The molecule has 1 rings (SSSR count). The van der Waals surface area contributed by atoms with Crippen LogP contribution in [0.15, 0.2) is 12.1 Å². The number of nitrogen functional groups attached to an aromatic ring is 1. The second-order valence-corrected chi connectivity index (χ2v) is 3.09. The third-order valence-electron chi connectivity index (χ3n) is 1.93. The number of benzene rings is 1. The fourth-order valence-corrected chi connectivity index (χ4v) is 1.08. The molecule has 86 valence electrons. The number of non-ortho nitro benzene ring substituents is 1. The Morgan fingerprint density at radius 3 is 2.75 bits per heavy atom. The van der Waals surface area contributed by atoms with Gasteiger partial charge in [0.2, 0.25) is 5.91 Å². The van der Waals surface area contributed by atoms with E-state index >= 15 is 0 Å². The van der Waals surface area contributed by atoms with Gasteiger partial charge in [-0.1, -0.05) is 6.92 Å². The summed E-state index contributed by atoms with van der Waals surface area (Å²) in [5.74, 6) is -0.734. The molecule has 7 nitrogen and oxygen atoms in total. The number of nitrogens with one attached hydrogen (secondary N) is 1. The zero-order valence-electron chi connectivity index (χ0n) is 8.56. The van der Waals surface area contributed by atoms with Gasteiger partial charge in [-0.15, -0.1) is 0 Å². The Bertz CT molecular complexity index is 445. The van der Waals surface area contributed by atoms with Gasteiger partial charge in [0, 0.05) is 18.6 Å². The number of phenols is 1. The van der Waals surface area contributed by atoms with Crippen LogP contribution in [0.1, 0.15) is 13.3 Å². The molecule has 16 heavy (non-hydrogen) atoms. The molecule has 0 saturated heterocycles. The molecule has 0 aromatic heterocycles. The van der Waals surface area contributed by atoms with Crippen molar-refractivity contribution in [3.05, 3.63) is 22.2 Å². The number of nitro benzene ring substituents is 1. The first-order valence-electron chi connectivity index (χ1n) is 4.52. The number of rotatable bonds is 3. The lowest BCUT2D eigenvalue weighted by Crippen LogP contribution is -2.10. The van der Waals surface area contributed by atoms with Crippen LogP contribution in [0.4, 0.5) is 17.1 Å². The van der Waals surface area contributed by atoms with Gasteiger partial charge < -0.3 is 16.2 Å². The number of phenolic OH excluding ortho intramolecular Hbond substituents is 1. The van der Waals surface area contributed by atoms with Crippen molar-refractivity contribution in [2.75, 3.05) is 11.1 Å². The van der Waals surface area contributed by atoms with Gasteiger partial charge in [-0.05, 0) is 0 Å². The van der Waals surface area contributed by atoms with E-state index < -0.39 is 4.92 Å². The number of hydrogen-bond acceptors (Lipinski definition) is 5. The minimum absolute atomic E-state index is 0.0569. The number of carbonyl (C=O) groups is 1. The Kier molecular flexibility index (Phi) is 3.29. The van der Waals surface area contributed by atoms with Gasteiger partial charge in [-0.2, -0.15) is 0 Å². The minimum Gasteiger partial charge on any atom is -0.504 e. The molecule has 0 atom stereocenters. The van der Waals surface area contributed by atoms with Crippen molar-refractivity contribution in [1.82, 2.24) is 0 Å². The van der Waals surface area contributed by atoms with Gasteiger partial charge in [0.15, 0.2) is 5.75 Å². The maximum Gasteiger partial charge on any atom is 0.273 e. The molecule has 0 aliphatic carbocycles. The Hall–Kier alpha value is -2.31. The van der Waals surface area contributed by atoms with Crippen LogP contribution in [0.2, 0.25) is 0 Å². The fraction of sp³-hybridized carbons (Fsp3) is 0.222. The summed E-state index contributed by atoms with van der Waals surface area (Å²) in [4.78, 5) is 21.0. The van der Waals surface area contributed by atoms with Crippen LogP contribution in [0.25, 0.3) is 0 Å². The average Bonchev–Trinajstić information content (AvgIpc) is 2.23. The average molecular weight is 225 g/mol. The Morgan fingerprint density at radius 1 is 1.62 bits per heavy atom. The monoisotopic (exact) mass is 225 g/mol. The lowest BCUT2D eigenvalue weighted by molar-refractivity contribution is -0.384. The lowest BCUT2D eigenvalue weighted by Gasteiger charge is -2.07. The summed E-state index contributed by atoms with van der Waals surface area (Å²) in [5, 5.41) is 22.3. The summed E-state index contributed by atoms with van der Waals surface area (Å²) >= 11 is 0. The van der Waals surface area contributed by atoms with Crippen molar-refractivity contribution in [3.8, 4) is 5.75 Å². The van der Waals surface area contributed by atoms with Crippen LogP contribution in [0.5, 0.6) is 5.75 Å². The van der Waals surface area contributed by atoms with Crippen molar-refractivity contribution >= 4 is 23.0 Å². The molecule has 0 unspecified atom stereocenters. The highest BCUT2D eigenvalue weighted by Crippen LogP contribution is 2.34. The maximum atomic E-state index is 11.1. The van der Waals surface area contributed by atoms with Crippen LogP contribution in [-0.4, -0.2) is 15.9 Å². The van der Waals surface area contributed by atoms with E-state index in [1.807, 2.05) is 0 Å². The van der Waals surface area contributed by atoms with E-state index in [0.717, 1.165) is 12.1 Å². The fourth-order valence-electron chi connectivity index (χ4n) is 1.08. The molecule has 0 heterocycles. The first-order valence-corrected chi connectivity index (χ1v) is 4.52. The molecule has 1 aromatic rings. The van der Waals surface area contributed by atoms with E-state index in [-0.39, 0.29) is 35.1 Å². The summed E-state index contributed by atoms with van der Waals surface area (Å²) in [7, 11) is 0. The van der Waals surface area contributed by atoms with Crippen LogP contribution in [-0.2, 0) is 4.79 Å². The summed E-state index contributed by atoms with van der Waals surface area (Å²) in [6.45, 7) is 1.62. The van der Waals surface area contributed by atoms with Gasteiger partial charge in [0.05, 0.1) is 16.3 Å². The van der Waals surface area contributed by atoms with Crippen molar-refractivity contribution < 1.29 is 14.8 Å². The number of anilines is 2. The minimum atomic E-state index is -0.655. The van der Waals surface area contributed by atoms with E-state index in [1.54, 1.807) is 6.92 Å². The summed E-state index contributed by atoms with van der Waals surface area (Å²) in [6.07, 6.45) is 0.196. The molecular weight excluding hydrogens is 214 g/mol. The van der Waals surface area contributed by atoms with Gasteiger partial charge in [0.25, 0.3) is 5.69 Å². The molecule has 0 spiro atoms. The highest BCUT2D eigenvalue weighted by molar-refractivity contribution is 5.93. The summed E-state index contributed by atoms with van der Waals surface area (Å²) in [6, 6.07) is 2.08. The number of hydrogen-bond donors (Lipinski definition) is 3. The first-order chi connectivity index (χ1) is 7.45. The number of nitro groups is 1. The molecule has 0 saturated carbocycles. The van der Waals surface area contributed by atoms with Crippen molar-refractivity contribution in [2.45, 2.75) is 13.3 Å². The van der Waals surface area contributed by atoms with E-state index in [0.29, 0.717) is 0 Å². The molecule has 7 heteroatoms. The third-order valence-corrected chi connectivity index (χ3v) is 1.93. The molecule has 0 fully saturated rings. The summed E-state index contributed by atoms with van der Waals surface area (Å²) < 4.78 is 0. The van der Waals surface area contributed by atoms with Gasteiger partial charge in [-0.25, -0.2) is 0 Å². The number of aromatic hydroxyl groups is 1. The molecule has 0 radical (unpaired) electrons. The Labute approximate surface area is 91.0 Å². The molecule has 0 aliphatic heterocycles. The number of amides is 1. The zero-order chi connectivity index (χ0) is 12.3. The molecule has 0 bridgehead atoms. The SMILES string of the molecule is CCC(=O)Nc1cc([N+](=O)[O-])cc(N)c1O. The maximum absolute atomic E-state index is 11.1. The standard InChI is InChI=1S/C9H11N3O4/c1-2-8(13)11-7-4-5(12(15)16)3-6(10)9(7)14/h3-4,14H,2,10H2,1H3,(H,11,13). The Morgan fingerprint density at radius 2 is 2.25 bits per heavy atom. The number of nitrogens with two attached hydrogens (primary N) is 1. The lowest BCUT2D eigenvalue weighted by atomic mass is 10.2. The van der Waals surface area contributed by atoms with Crippen molar-refractivity contribution in [1.29, 1.82) is 0 Å². The highest BCUT2D eigenvalue weighted by Gasteiger charge is 2.15. The van der Waals surface area contributed by atoms with Crippen molar-refractivity contribution in [2.24, 2.45) is 0 Å². The molecule has 4 N–H and O–H groups in total. The van der Waals surface area contributed by atoms with Crippen LogP contribution < -0.4 is 11.1 Å². The number of carbonyl (C=O) groups excluding carboxylic acids is 1. The Balaban J connectivity index is 3.16. The third kappa shape index (κ3) is 2.38. The quantitative estimate of drug-likeness (QED) is 0.309. The molecule has 1 aromatic carbocycles. The van der Waals surface area contributed by atoms with Crippen molar-refractivity contribution in [3.63, 3.8) is 0 Å². The zero-order valence-corrected chi connectivity index (χ0v) is 8.56. The molecule has 0 aliphatic rings. The number of nitrogens with zero attached hydrogens (tertiary/aromatic N) is 1. The second kappa shape index (κ2) is 4.47.